The lowest BCUT2D eigenvalue weighted by atomic mass is 9.87. The molecule has 0 radical (unpaired) electrons. The number of H-pyrrole nitrogens is 1. The van der Waals surface area contributed by atoms with E-state index >= 15 is 0 Å². The zero-order chi connectivity index (χ0) is 15.9. The molecule has 2 heterocycles. The topological polar surface area (TPSA) is 59.4 Å². The predicted octanol–water partition coefficient (Wildman–Crippen LogP) is 3.79. The molecule has 1 fully saturated rings. The van der Waals surface area contributed by atoms with Gasteiger partial charge in [0.1, 0.15) is 0 Å². The number of ether oxygens (including phenoxy) is 1. The lowest BCUT2D eigenvalue weighted by molar-refractivity contribution is 0.0591. The molecule has 0 aromatic carbocycles. The Morgan fingerprint density at radius 3 is 2.59 bits per heavy atom. The van der Waals surface area contributed by atoms with E-state index in [1.165, 1.54) is 44.9 Å². The number of imidazole rings is 2. The lowest BCUT2D eigenvalue weighted by Gasteiger charge is -2.20. The normalized spacial score (nSPS) is 17.1. The molecular formula is C17H25N3O2. The average molecular weight is 303 g/mol. The molecule has 0 bridgehead atoms. The summed E-state index contributed by atoms with van der Waals surface area (Å²) in [6.45, 7) is 6.28. The van der Waals surface area contributed by atoms with Gasteiger partial charge >= 0.3 is 5.97 Å². The van der Waals surface area contributed by atoms with E-state index in [1.807, 2.05) is 4.40 Å². The highest BCUT2D eigenvalue weighted by Gasteiger charge is 2.30. The molecular weight excluding hydrogens is 278 g/mol. The van der Waals surface area contributed by atoms with Crippen molar-refractivity contribution in [3.05, 3.63) is 23.3 Å². The fourth-order valence-corrected chi connectivity index (χ4v) is 3.52. The molecule has 5 heteroatoms. The zero-order valence-corrected chi connectivity index (χ0v) is 13.9. The Balaban J connectivity index is 2.09. The summed E-state index contributed by atoms with van der Waals surface area (Å²) in [6.07, 6.45) is 8.53. The summed E-state index contributed by atoms with van der Waals surface area (Å²) < 4.78 is 6.93. The van der Waals surface area contributed by atoms with Crippen LogP contribution in [0.1, 0.15) is 80.7 Å². The zero-order valence-electron chi connectivity index (χ0n) is 13.9. The molecule has 1 aliphatic carbocycles. The standard InChI is InChI=1S/C17H25N3O2/c1-17(2,3)14-13(15(21)22-4)19-16-18-12(10-20(14)16)11-8-6-5-7-9-11/h10-11H,5-9H2,1-4H3,(H,18,19). The largest absolute Gasteiger partial charge is 0.464 e. The predicted molar refractivity (Wildman–Crippen MR) is 85.4 cm³/mol. The molecule has 22 heavy (non-hydrogen) atoms. The van der Waals surface area contributed by atoms with Gasteiger partial charge in [0, 0.05) is 23.2 Å². The van der Waals surface area contributed by atoms with E-state index in [-0.39, 0.29) is 11.4 Å². The van der Waals surface area contributed by atoms with Gasteiger partial charge in [-0.3, -0.25) is 4.40 Å². The Morgan fingerprint density at radius 2 is 2.00 bits per heavy atom. The van der Waals surface area contributed by atoms with Crippen LogP contribution in [-0.4, -0.2) is 27.4 Å². The maximum absolute atomic E-state index is 12.0. The number of methoxy groups -OCH3 is 1. The first-order chi connectivity index (χ1) is 10.4. The summed E-state index contributed by atoms with van der Waals surface area (Å²) in [6, 6.07) is 0. The van der Waals surface area contributed by atoms with Crippen molar-refractivity contribution in [2.24, 2.45) is 0 Å². The van der Waals surface area contributed by atoms with E-state index in [9.17, 15) is 4.79 Å². The van der Waals surface area contributed by atoms with Crippen molar-refractivity contribution < 1.29 is 9.53 Å². The molecule has 3 rings (SSSR count). The van der Waals surface area contributed by atoms with Gasteiger partial charge in [0.2, 0.25) is 5.78 Å². The van der Waals surface area contributed by atoms with Gasteiger partial charge in [-0.25, -0.2) is 9.78 Å². The molecule has 1 aliphatic rings. The number of aromatic amines is 1. The number of hydrogen-bond donors (Lipinski definition) is 1. The van der Waals surface area contributed by atoms with E-state index in [4.69, 9.17) is 4.74 Å². The highest BCUT2D eigenvalue weighted by atomic mass is 16.5. The molecule has 0 amide bonds. The monoisotopic (exact) mass is 303 g/mol. The van der Waals surface area contributed by atoms with Gasteiger partial charge in [-0.05, 0) is 12.8 Å². The van der Waals surface area contributed by atoms with Crippen molar-refractivity contribution in [3.63, 3.8) is 0 Å². The summed E-state index contributed by atoms with van der Waals surface area (Å²) in [5, 5.41) is 0. The highest BCUT2D eigenvalue weighted by Crippen LogP contribution is 2.34. The summed E-state index contributed by atoms with van der Waals surface area (Å²) in [5.41, 5.74) is 2.38. The third kappa shape index (κ3) is 2.53. The number of rotatable bonds is 2. The SMILES string of the molecule is COC(=O)c1nc2[nH]c(C3CCCCC3)cn2c1C(C)(C)C. The van der Waals surface area contributed by atoms with Crippen LogP contribution in [0.2, 0.25) is 0 Å². The second-order valence-electron chi connectivity index (χ2n) is 7.29. The summed E-state index contributed by atoms with van der Waals surface area (Å²) >= 11 is 0. The van der Waals surface area contributed by atoms with Crippen molar-refractivity contribution >= 4 is 11.7 Å². The van der Waals surface area contributed by atoms with Crippen LogP contribution >= 0.6 is 0 Å². The Morgan fingerprint density at radius 1 is 1.32 bits per heavy atom. The van der Waals surface area contributed by atoms with Gasteiger partial charge in [0.25, 0.3) is 0 Å². The average Bonchev–Trinajstić information content (AvgIpc) is 3.03. The Hall–Kier alpha value is -1.78. The van der Waals surface area contributed by atoms with Crippen LogP contribution in [0.15, 0.2) is 6.20 Å². The van der Waals surface area contributed by atoms with Gasteiger partial charge in [-0.15, -0.1) is 0 Å². The summed E-state index contributed by atoms with van der Waals surface area (Å²) in [5.74, 6) is 0.956. The van der Waals surface area contributed by atoms with Gasteiger partial charge in [0.15, 0.2) is 5.69 Å². The highest BCUT2D eigenvalue weighted by molar-refractivity contribution is 5.89. The number of hydrogen-bond acceptors (Lipinski definition) is 3. The number of aromatic nitrogens is 3. The van der Waals surface area contributed by atoms with Crippen LogP contribution in [0.5, 0.6) is 0 Å². The molecule has 0 unspecified atom stereocenters. The molecule has 120 valence electrons. The van der Waals surface area contributed by atoms with Crippen LogP contribution in [0.4, 0.5) is 0 Å². The first-order valence-electron chi connectivity index (χ1n) is 8.11. The molecule has 1 N–H and O–H groups in total. The molecule has 5 nitrogen and oxygen atoms in total. The third-order valence-electron chi connectivity index (χ3n) is 4.57. The molecule has 0 spiro atoms. The van der Waals surface area contributed by atoms with E-state index in [2.05, 4.69) is 36.9 Å². The maximum Gasteiger partial charge on any atom is 0.358 e. The first-order valence-corrected chi connectivity index (χ1v) is 8.11. The molecule has 0 saturated heterocycles. The lowest BCUT2D eigenvalue weighted by Crippen LogP contribution is -2.19. The minimum atomic E-state index is -0.374. The van der Waals surface area contributed by atoms with E-state index in [0.717, 1.165) is 11.5 Å². The number of esters is 1. The Kier molecular flexibility index (Phi) is 3.75. The van der Waals surface area contributed by atoms with Crippen LogP contribution in [-0.2, 0) is 10.2 Å². The van der Waals surface area contributed by atoms with Crippen LogP contribution < -0.4 is 0 Å². The number of carbonyl (C=O) groups excluding carboxylic acids is 1. The maximum atomic E-state index is 12.0. The van der Waals surface area contributed by atoms with Crippen LogP contribution in [0, 0.1) is 0 Å². The summed E-state index contributed by atoms with van der Waals surface area (Å²) in [7, 11) is 1.40. The van der Waals surface area contributed by atoms with Gasteiger partial charge < -0.3 is 9.72 Å². The third-order valence-corrected chi connectivity index (χ3v) is 4.57. The minimum absolute atomic E-state index is 0.186. The van der Waals surface area contributed by atoms with Crippen molar-refractivity contribution in [1.29, 1.82) is 0 Å². The number of nitrogens with zero attached hydrogens (tertiary/aromatic N) is 2. The van der Waals surface area contributed by atoms with Crippen molar-refractivity contribution in [1.82, 2.24) is 14.4 Å². The van der Waals surface area contributed by atoms with E-state index in [0.29, 0.717) is 11.6 Å². The van der Waals surface area contributed by atoms with Gasteiger partial charge in [-0.1, -0.05) is 40.0 Å². The van der Waals surface area contributed by atoms with Crippen molar-refractivity contribution in [3.8, 4) is 0 Å². The van der Waals surface area contributed by atoms with Crippen molar-refractivity contribution in [2.75, 3.05) is 7.11 Å². The fraction of sp³-hybridized carbons (Fsp3) is 0.647. The Bertz CT molecular complexity index is 685. The fourth-order valence-electron chi connectivity index (χ4n) is 3.52. The van der Waals surface area contributed by atoms with Crippen LogP contribution in [0.3, 0.4) is 0 Å². The smallest absolute Gasteiger partial charge is 0.358 e. The Labute approximate surface area is 131 Å². The van der Waals surface area contributed by atoms with Gasteiger partial charge in [0.05, 0.1) is 12.8 Å². The minimum Gasteiger partial charge on any atom is -0.464 e. The van der Waals surface area contributed by atoms with Crippen LogP contribution in [0.25, 0.3) is 5.78 Å². The number of nitrogens with one attached hydrogen (secondary N) is 1. The second kappa shape index (κ2) is 5.45. The molecule has 0 aliphatic heterocycles. The molecule has 1 saturated carbocycles. The van der Waals surface area contributed by atoms with E-state index in [1.54, 1.807) is 0 Å². The second-order valence-corrected chi connectivity index (χ2v) is 7.29. The number of carbonyl (C=O) groups is 1. The quantitative estimate of drug-likeness (QED) is 0.859. The molecule has 0 atom stereocenters. The molecule has 2 aromatic heterocycles. The number of fused-ring (bicyclic) bond motifs is 1. The van der Waals surface area contributed by atoms with E-state index < -0.39 is 0 Å². The molecule has 2 aromatic rings. The first kappa shape index (κ1) is 15.1. The van der Waals surface area contributed by atoms with Crippen molar-refractivity contribution in [2.45, 2.75) is 64.2 Å². The summed E-state index contributed by atoms with van der Waals surface area (Å²) in [4.78, 5) is 19.9. The van der Waals surface area contributed by atoms with Gasteiger partial charge in [-0.2, -0.15) is 0 Å².